The SMILES string of the molecule is CC.COCCN1CCC(C(C)C)CC1. The van der Waals surface area contributed by atoms with Gasteiger partial charge in [0.2, 0.25) is 0 Å². The lowest BCUT2D eigenvalue weighted by Crippen LogP contribution is -2.37. The van der Waals surface area contributed by atoms with Gasteiger partial charge in [-0.2, -0.15) is 0 Å². The number of hydrogen-bond donors (Lipinski definition) is 0. The van der Waals surface area contributed by atoms with Crippen LogP contribution in [0.3, 0.4) is 0 Å². The van der Waals surface area contributed by atoms with Gasteiger partial charge in [0.15, 0.2) is 0 Å². The smallest absolute Gasteiger partial charge is 0.0589 e. The minimum Gasteiger partial charge on any atom is -0.383 e. The first kappa shape index (κ1) is 14.9. The van der Waals surface area contributed by atoms with Crippen molar-refractivity contribution in [1.29, 1.82) is 0 Å². The third-order valence-electron chi connectivity index (χ3n) is 3.19. The van der Waals surface area contributed by atoms with E-state index in [9.17, 15) is 0 Å². The maximum Gasteiger partial charge on any atom is 0.0589 e. The zero-order valence-corrected chi connectivity index (χ0v) is 11.3. The van der Waals surface area contributed by atoms with Crippen molar-refractivity contribution >= 4 is 0 Å². The van der Waals surface area contributed by atoms with Crippen molar-refractivity contribution in [1.82, 2.24) is 4.90 Å². The van der Waals surface area contributed by atoms with Crippen molar-refractivity contribution in [3.63, 3.8) is 0 Å². The highest BCUT2D eigenvalue weighted by Crippen LogP contribution is 2.23. The van der Waals surface area contributed by atoms with E-state index in [-0.39, 0.29) is 0 Å². The largest absolute Gasteiger partial charge is 0.383 e. The predicted molar refractivity (Wildman–Crippen MR) is 67.2 cm³/mol. The monoisotopic (exact) mass is 215 g/mol. The van der Waals surface area contributed by atoms with Crippen LogP contribution in [0.4, 0.5) is 0 Å². The van der Waals surface area contributed by atoms with Crippen LogP contribution in [0, 0.1) is 11.8 Å². The maximum atomic E-state index is 5.08. The molecule has 0 spiro atoms. The van der Waals surface area contributed by atoms with Gasteiger partial charge in [0.25, 0.3) is 0 Å². The Kier molecular flexibility index (Phi) is 9.12. The molecule has 0 N–H and O–H groups in total. The van der Waals surface area contributed by atoms with Crippen LogP contribution >= 0.6 is 0 Å². The highest BCUT2D eigenvalue weighted by Gasteiger charge is 2.20. The first-order valence-corrected chi connectivity index (χ1v) is 6.45. The van der Waals surface area contributed by atoms with E-state index in [1.165, 1.54) is 25.9 Å². The van der Waals surface area contributed by atoms with E-state index < -0.39 is 0 Å². The summed E-state index contributed by atoms with van der Waals surface area (Å²) in [4.78, 5) is 2.52. The lowest BCUT2D eigenvalue weighted by atomic mass is 9.87. The molecule has 0 aliphatic carbocycles. The molecule has 2 heteroatoms. The summed E-state index contributed by atoms with van der Waals surface area (Å²) < 4.78 is 5.08. The van der Waals surface area contributed by atoms with Gasteiger partial charge in [0.05, 0.1) is 6.61 Å². The van der Waals surface area contributed by atoms with Crippen molar-refractivity contribution in [3.05, 3.63) is 0 Å². The van der Waals surface area contributed by atoms with Gasteiger partial charge in [-0.25, -0.2) is 0 Å². The Morgan fingerprint density at radius 1 is 1.20 bits per heavy atom. The first-order chi connectivity index (χ1) is 7.24. The molecule has 1 heterocycles. The first-order valence-electron chi connectivity index (χ1n) is 6.45. The Morgan fingerprint density at radius 3 is 2.13 bits per heavy atom. The van der Waals surface area contributed by atoms with Gasteiger partial charge in [0.1, 0.15) is 0 Å². The maximum absolute atomic E-state index is 5.08. The van der Waals surface area contributed by atoms with Crippen molar-refractivity contribution in [2.45, 2.75) is 40.5 Å². The van der Waals surface area contributed by atoms with E-state index in [4.69, 9.17) is 4.74 Å². The van der Waals surface area contributed by atoms with Crippen LogP contribution in [-0.4, -0.2) is 38.3 Å². The number of rotatable bonds is 4. The van der Waals surface area contributed by atoms with E-state index in [0.29, 0.717) is 0 Å². The summed E-state index contributed by atoms with van der Waals surface area (Å²) in [6, 6.07) is 0. The van der Waals surface area contributed by atoms with Crippen LogP contribution in [-0.2, 0) is 4.74 Å². The van der Waals surface area contributed by atoms with Crippen LogP contribution in [0.25, 0.3) is 0 Å². The second-order valence-corrected chi connectivity index (χ2v) is 4.42. The number of methoxy groups -OCH3 is 1. The number of ether oxygens (including phenoxy) is 1. The topological polar surface area (TPSA) is 12.5 Å². The molecule has 0 amide bonds. The van der Waals surface area contributed by atoms with Crippen molar-refractivity contribution < 1.29 is 4.74 Å². The van der Waals surface area contributed by atoms with Gasteiger partial charge in [-0.15, -0.1) is 0 Å². The lowest BCUT2D eigenvalue weighted by molar-refractivity contribution is 0.110. The summed E-state index contributed by atoms with van der Waals surface area (Å²) in [5.41, 5.74) is 0. The molecule has 0 aromatic carbocycles. The van der Waals surface area contributed by atoms with Crippen LogP contribution in [0.15, 0.2) is 0 Å². The second-order valence-electron chi connectivity index (χ2n) is 4.42. The Hall–Kier alpha value is -0.0800. The average molecular weight is 215 g/mol. The normalized spacial score (nSPS) is 18.8. The summed E-state index contributed by atoms with van der Waals surface area (Å²) >= 11 is 0. The van der Waals surface area contributed by atoms with Crippen molar-refractivity contribution in [2.24, 2.45) is 11.8 Å². The van der Waals surface area contributed by atoms with E-state index >= 15 is 0 Å². The van der Waals surface area contributed by atoms with Gasteiger partial charge in [-0.3, -0.25) is 0 Å². The number of hydrogen-bond acceptors (Lipinski definition) is 2. The molecule has 0 aromatic heterocycles. The summed E-state index contributed by atoms with van der Waals surface area (Å²) in [7, 11) is 1.78. The van der Waals surface area contributed by atoms with E-state index in [1.54, 1.807) is 7.11 Å². The number of likely N-dealkylation sites (tertiary alicyclic amines) is 1. The van der Waals surface area contributed by atoms with Gasteiger partial charge >= 0.3 is 0 Å². The molecule has 1 rings (SSSR count). The molecule has 1 saturated heterocycles. The fourth-order valence-electron chi connectivity index (χ4n) is 2.06. The Morgan fingerprint density at radius 2 is 1.73 bits per heavy atom. The third-order valence-corrected chi connectivity index (χ3v) is 3.19. The summed E-state index contributed by atoms with van der Waals surface area (Å²) in [6.45, 7) is 13.2. The van der Waals surface area contributed by atoms with Gasteiger partial charge in [0, 0.05) is 13.7 Å². The molecule has 1 aliphatic heterocycles. The molecule has 15 heavy (non-hydrogen) atoms. The Labute approximate surface area is 96.0 Å². The van der Waals surface area contributed by atoms with Gasteiger partial charge in [-0.1, -0.05) is 27.7 Å². The van der Waals surface area contributed by atoms with Crippen LogP contribution in [0.1, 0.15) is 40.5 Å². The Balaban J connectivity index is 0.000000921. The van der Waals surface area contributed by atoms with E-state index in [0.717, 1.165) is 25.0 Å². The number of nitrogens with zero attached hydrogens (tertiary/aromatic N) is 1. The molecule has 92 valence electrons. The fraction of sp³-hybridized carbons (Fsp3) is 1.00. The van der Waals surface area contributed by atoms with E-state index in [1.807, 2.05) is 13.8 Å². The quantitative estimate of drug-likeness (QED) is 0.715. The third kappa shape index (κ3) is 6.16. The van der Waals surface area contributed by atoms with E-state index in [2.05, 4.69) is 18.7 Å². The molecular weight excluding hydrogens is 186 g/mol. The standard InChI is InChI=1S/C11H23NO.C2H6/c1-10(2)11-4-6-12(7-5-11)8-9-13-3;1-2/h10-11H,4-9H2,1-3H3;1-2H3. The fourth-order valence-corrected chi connectivity index (χ4v) is 2.06. The van der Waals surface area contributed by atoms with Crippen LogP contribution in [0.5, 0.6) is 0 Å². The number of piperidine rings is 1. The van der Waals surface area contributed by atoms with Crippen molar-refractivity contribution in [3.8, 4) is 0 Å². The average Bonchev–Trinajstić information content (AvgIpc) is 2.29. The predicted octanol–water partition coefficient (Wildman–Crippen LogP) is 3.03. The summed E-state index contributed by atoms with van der Waals surface area (Å²) in [6.07, 6.45) is 2.75. The lowest BCUT2D eigenvalue weighted by Gasteiger charge is -2.33. The molecule has 1 aliphatic rings. The highest BCUT2D eigenvalue weighted by atomic mass is 16.5. The molecule has 0 aromatic rings. The van der Waals surface area contributed by atoms with Crippen LogP contribution < -0.4 is 0 Å². The Bertz CT molecular complexity index is 128. The second kappa shape index (κ2) is 9.17. The van der Waals surface area contributed by atoms with Crippen LogP contribution in [0.2, 0.25) is 0 Å². The highest BCUT2D eigenvalue weighted by molar-refractivity contribution is 4.73. The minimum atomic E-state index is 0.865. The molecule has 0 atom stereocenters. The molecule has 0 unspecified atom stereocenters. The molecule has 0 bridgehead atoms. The molecule has 2 nitrogen and oxygen atoms in total. The van der Waals surface area contributed by atoms with Gasteiger partial charge < -0.3 is 9.64 Å². The minimum absolute atomic E-state index is 0.865. The molecular formula is C13H29NO. The van der Waals surface area contributed by atoms with Gasteiger partial charge in [-0.05, 0) is 37.8 Å². The molecule has 1 fully saturated rings. The molecule has 0 saturated carbocycles. The summed E-state index contributed by atoms with van der Waals surface area (Å²) in [5.74, 6) is 1.82. The molecule has 0 radical (unpaired) electrons. The zero-order valence-electron chi connectivity index (χ0n) is 11.3. The summed E-state index contributed by atoms with van der Waals surface area (Å²) in [5, 5.41) is 0. The van der Waals surface area contributed by atoms with Crippen molar-refractivity contribution in [2.75, 3.05) is 33.4 Å². The zero-order chi connectivity index (χ0) is 11.7.